The predicted molar refractivity (Wildman–Crippen MR) is 252 cm³/mol. The van der Waals surface area contributed by atoms with Gasteiger partial charge in [0.1, 0.15) is 0 Å². The molecule has 2 N–H and O–H groups in total. The predicted octanol–water partition coefficient (Wildman–Crippen LogP) is 15.4. The van der Waals surface area contributed by atoms with Gasteiger partial charge in [-0.05, 0) is 0 Å². The molecule has 2 nitrogen and oxygen atoms in total. The summed E-state index contributed by atoms with van der Waals surface area (Å²) in [5.41, 5.74) is 10.1. The number of fused-ring (bicyclic) bond motifs is 1. The van der Waals surface area contributed by atoms with Crippen molar-refractivity contribution in [3.8, 4) is 11.5 Å². The van der Waals surface area contributed by atoms with Gasteiger partial charge in [0, 0.05) is 0 Å². The summed E-state index contributed by atoms with van der Waals surface area (Å²) in [5.74, 6) is 3.29. The van der Waals surface area contributed by atoms with Crippen LogP contribution >= 0.6 is 15.9 Å². The van der Waals surface area contributed by atoms with E-state index < -0.39 is 0 Å². The Hall–Kier alpha value is -2.11. The average molecular weight is 865 g/mol. The van der Waals surface area contributed by atoms with Crippen molar-refractivity contribution in [2.24, 2.45) is 0 Å². The van der Waals surface area contributed by atoms with E-state index in [1.807, 2.05) is 0 Å². The SMILES string of the molecule is CC(C)(C)c1cc(C[S]2=[Ti]=[S](Cc3cc(C(C)(C)C)cc(C4(c5ccccc5)CCCCC4)c3O)C3CCCCCCC32)c(O)c(C2(c3ccccc3)CCCCC2)c1. The van der Waals surface area contributed by atoms with E-state index in [1.54, 1.807) is 0 Å². The van der Waals surface area contributed by atoms with Crippen molar-refractivity contribution in [1.29, 1.82) is 0 Å². The van der Waals surface area contributed by atoms with E-state index in [9.17, 15) is 10.2 Å². The van der Waals surface area contributed by atoms with Gasteiger partial charge in [0.2, 0.25) is 0 Å². The second-order valence-corrected chi connectivity index (χ2v) is 32.3. The number of benzene rings is 4. The van der Waals surface area contributed by atoms with Gasteiger partial charge in [-0.15, -0.1) is 0 Å². The third kappa shape index (κ3) is 8.92. The molecule has 0 spiro atoms. The van der Waals surface area contributed by atoms with Crippen molar-refractivity contribution in [1.82, 2.24) is 0 Å². The van der Waals surface area contributed by atoms with Crippen LogP contribution in [0.4, 0.5) is 0 Å². The Morgan fingerprint density at radius 3 is 1.22 bits per heavy atom. The minimum atomic E-state index is -0.343. The van der Waals surface area contributed by atoms with Gasteiger partial charge in [0.25, 0.3) is 0 Å². The summed E-state index contributed by atoms with van der Waals surface area (Å²) in [6, 6.07) is 32.1. The molecule has 3 fully saturated rings. The Kier molecular flexibility index (Phi) is 13.2. The van der Waals surface area contributed by atoms with Crippen LogP contribution in [0.2, 0.25) is 0 Å². The van der Waals surface area contributed by atoms with Crippen LogP contribution in [0.15, 0.2) is 84.9 Å². The quantitative estimate of drug-likeness (QED) is 0.173. The van der Waals surface area contributed by atoms with E-state index >= 15 is 0 Å². The molecule has 3 aliphatic carbocycles. The first kappa shape index (κ1) is 43.5. The van der Waals surface area contributed by atoms with Crippen molar-refractivity contribution in [2.45, 2.75) is 188 Å². The van der Waals surface area contributed by atoms with Gasteiger partial charge < -0.3 is 0 Å². The Morgan fingerprint density at radius 1 is 0.508 bits per heavy atom. The fourth-order valence-corrected chi connectivity index (χ4v) is 32.2. The van der Waals surface area contributed by atoms with E-state index in [1.165, 1.54) is 122 Å². The Morgan fingerprint density at radius 2 is 0.864 bits per heavy atom. The van der Waals surface area contributed by atoms with Crippen molar-refractivity contribution < 1.29 is 25.7 Å². The van der Waals surface area contributed by atoms with Crippen LogP contribution in [0.1, 0.15) is 189 Å². The number of hydrogen-bond acceptors (Lipinski definition) is 2. The summed E-state index contributed by atoms with van der Waals surface area (Å²) < 4.78 is 0. The van der Waals surface area contributed by atoms with Gasteiger partial charge in [-0.25, -0.2) is 0 Å². The Bertz CT molecular complexity index is 2020. The molecular weight excluding hydrogens is 793 g/mol. The molecule has 0 aromatic heterocycles. The van der Waals surface area contributed by atoms with E-state index in [2.05, 4.69) is 126 Å². The Balaban J connectivity index is 1.26. The first-order chi connectivity index (χ1) is 28.3. The molecule has 0 radical (unpaired) electrons. The summed E-state index contributed by atoms with van der Waals surface area (Å²) in [6.45, 7) is 14.2. The van der Waals surface area contributed by atoms with Crippen LogP contribution in [-0.4, -0.2) is 20.7 Å². The zero-order chi connectivity index (χ0) is 41.4. The normalized spacial score (nSPS) is 24.6. The molecular formula is C54H72O2S2Ti. The van der Waals surface area contributed by atoms with E-state index in [0.29, 0.717) is 11.5 Å². The Labute approximate surface area is 368 Å². The zero-order valence-corrected chi connectivity index (χ0v) is 40.4. The van der Waals surface area contributed by atoms with Crippen LogP contribution in [0.5, 0.6) is 11.5 Å². The van der Waals surface area contributed by atoms with Gasteiger partial charge in [-0.1, -0.05) is 0 Å². The fraction of sp³-hybridized carbons (Fsp3) is 0.556. The summed E-state index contributed by atoms with van der Waals surface area (Å²) in [7, 11) is 0.570. The van der Waals surface area contributed by atoms with Crippen molar-refractivity contribution in [3.63, 3.8) is 0 Å². The average Bonchev–Trinajstić information content (AvgIpc) is 3.52. The molecule has 0 saturated heterocycles. The standard InChI is InChI=1S/C54H72O2S2.Ti/c1-51(2,3)43-33-39(49(55)45(35-43)53(29-19-11-20-30-53)41-23-13-9-14-24-41)37-57-47-27-17-7-8-18-28-48(47)58-38-40-34-44(52(4,5)6)36-46(50(40)56)54(31-21-12-22-32-54)42-25-15-10-16-26-42;/h9-10,13-16,23-26,33-36,47-48,55-56H,7-8,11-12,17-22,27-32,37-38H2,1-6H3;. The van der Waals surface area contributed by atoms with E-state index in [-0.39, 0.29) is 53.0 Å². The number of aromatic hydroxyl groups is 2. The molecule has 5 heteroatoms. The van der Waals surface area contributed by atoms with Gasteiger partial charge in [-0.3, -0.25) is 0 Å². The molecule has 4 unspecified atom stereocenters. The van der Waals surface area contributed by atoms with Crippen LogP contribution in [0.3, 0.4) is 0 Å². The van der Waals surface area contributed by atoms with Crippen LogP contribution in [-0.2, 0) is 48.6 Å². The van der Waals surface area contributed by atoms with E-state index in [4.69, 9.17) is 0 Å². The third-order valence-corrected chi connectivity index (χ3v) is 30.8. The molecule has 4 aromatic carbocycles. The van der Waals surface area contributed by atoms with E-state index in [0.717, 1.165) is 47.7 Å². The maximum atomic E-state index is 12.7. The molecule has 316 valence electrons. The van der Waals surface area contributed by atoms with Crippen LogP contribution in [0.25, 0.3) is 0 Å². The minimum absolute atomic E-state index is 0.00533. The molecule has 4 aromatic rings. The summed E-state index contributed by atoms with van der Waals surface area (Å²) >= 11 is -0.343. The molecule has 59 heavy (non-hydrogen) atoms. The topological polar surface area (TPSA) is 40.5 Å². The molecule has 1 heterocycles. The van der Waals surface area contributed by atoms with Gasteiger partial charge in [0.15, 0.2) is 0 Å². The maximum absolute atomic E-state index is 12.7. The number of rotatable bonds is 8. The van der Waals surface area contributed by atoms with Crippen molar-refractivity contribution in [3.05, 3.63) is 129 Å². The summed E-state index contributed by atoms with van der Waals surface area (Å²) in [6.07, 6.45) is 19.9. The molecule has 3 saturated carbocycles. The van der Waals surface area contributed by atoms with Gasteiger partial charge >= 0.3 is 370 Å². The molecule has 1 aliphatic heterocycles. The fourth-order valence-electron chi connectivity index (χ4n) is 11.4. The molecule has 4 atom stereocenters. The van der Waals surface area contributed by atoms with Gasteiger partial charge in [0.05, 0.1) is 0 Å². The zero-order valence-electron chi connectivity index (χ0n) is 37.2. The molecule has 4 aliphatic rings. The van der Waals surface area contributed by atoms with Crippen molar-refractivity contribution >= 4 is 15.9 Å². The number of phenolic OH excluding ortho intramolecular Hbond substituents is 2. The monoisotopic (exact) mass is 864 g/mol. The summed E-state index contributed by atoms with van der Waals surface area (Å²) in [4.78, 5) is 0. The molecule has 0 amide bonds. The van der Waals surface area contributed by atoms with Crippen molar-refractivity contribution in [2.75, 3.05) is 0 Å². The first-order valence-electron chi connectivity index (χ1n) is 23.3. The molecule has 8 rings (SSSR count). The van der Waals surface area contributed by atoms with Crippen LogP contribution in [0, 0.1) is 0 Å². The second kappa shape index (κ2) is 17.9. The molecule has 0 bridgehead atoms. The summed E-state index contributed by atoms with van der Waals surface area (Å²) in [5, 5.41) is 26.9. The number of hydrogen-bond donors (Lipinski definition) is 2. The third-order valence-electron chi connectivity index (χ3n) is 14.9. The second-order valence-electron chi connectivity index (χ2n) is 20.9. The number of phenols is 2. The van der Waals surface area contributed by atoms with Gasteiger partial charge in [-0.2, -0.15) is 0 Å². The first-order valence-corrected chi connectivity index (χ1v) is 30.0. The van der Waals surface area contributed by atoms with Crippen LogP contribution < -0.4 is 0 Å².